The first-order chi connectivity index (χ1) is 8.83. The van der Waals surface area contributed by atoms with Crippen molar-refractivity contribution in [1.82, 2.24) is 19.6 Å². The van der Waals surface area contributed by atoms with Crippen LogP contribution >= 0.6 is 0 Å². The minimum absolute atomic E-state index is 0.729. The van der Waals surface area contributed by atoms with E-state index in [0.717, 1.165) is 11.8 Å². The summed E-state index contributed by atoms with van der Waals surface area (Å²) in [6.07, 6.45) is 0.833. The number of rotatable bonds is 1. The van der Waals surface area contributed by atoms with Gasteiger partial charge in [-0.2, -0.15) is 0 Å². The number of hydrogen-bond acceptors (Lipinski definition) is 5. The van der Waals surface area contributed by atoms with Crippen molar-refractivity contribution in [1.29, 1.82) is 0 Å². The van der Waals surface area contributed by atoms with E-state index in [4.69, 9.17) is 0 Å². The zero-order valence-corrected chi connectivity index (χ0v) is 10.4. The van der Waals surface area contributed by atoms with Crippen LogP contribution in [0.25, 0.3) is 0 Å². The SMILES string of the molecule is C1N2CN3CN1CN(C2)C3.O=Cc1ccccc1. The second kappa shape index (κ2) is 5.16. The van der Waals surface area contributed by atoms with E-state index >= 15 is 0 Å². The Labute approximate surface area is 107 Å². The zero-order valence-electron chi connectivity index (χ0n) is 10.4. The molecule has 4 saturated heterocycles. The molecule has 0 aromatic heterocycles. The highest BCUT2D eigenvalue weighted by molar-refractivity contribution is 5.74. The summed E-state index contributed by atoms with van der Waals surface area (Å²) in [6.45, 7) is 7.12. The van der Waals surface area contributed by atoms with Gasteiger partial charge >= 0.3 is 0 Å². The van der Waals surface area contributed by atoms with Gasteiger partial charge in [0, 0.05) is 5.56 Å². The molecule has 0 unspecified atom stereocenters. The third kappa shape index (κ3) is 2.59. The highest BCUT2D eigenvalue weighted by Crippen LogP contribution is 2.20. The first-order valence-electron chi connectivity index (χ1n) is 6.23. The monoisotopic (exact) mass is 246 g/mol. The van der Waals surface area contributed by atoms with Gasteiger partial charge in [-0.1, -0.05) is 30.3 Å². The first kappa shape index (κ1) is 11.8. The van der Waals surface area contributed by atoms with Crippen LogP contribution in [0, 0.1) is 0 Å². The molecule has 5 rings (SSSR count). The van der Waals surface area contributed by atoms with Crippen molar-refractivity contribution < 1.29 is 4.79 Å². The number of carbonyl (C=O) groups excluding carboxylic acids is 1. The number of carbonyl (C=O) groups is 1. The van der Waals surface area contributed by atoms with Crippen molar-refractivity contribution in [3.8, 4) is 0 Å². The topological polar surface area (TPSA) is 30.0 Å². The van der Waals surface area contributed by atoms with Gasteiger partial charge in [0.15, 0.2) is 0 Å². The van der Waals surface area contributed by atoms with Crippen LogP contribution in [0.5, 0.6) is 0 Å². The molecular formula is C13H18N4O. The molecule has 0 amide bonds. The van der Waals surface area contributed by atoms with Crippen LogP contribution in [-0.4, -0.2) is 65.9 Å². The molecule has 18 heavy (non-hydrogen) atoms. The maximum absolute atomic E-state index is 10.0. The summed E-state index contributed by atoms with van der Waals surface area (Å²) in [4.78, 5) is 19.9. The predicted octanol–water partition coefficient (Wildman–Crippen LogP) is 0.479. The Morgan fingerprint density at radius 1 is 0.722 bits per heavy atom. The molecule has 0 atom stereocenters. The fourth-order valence-corrected chi connectivity index (χ4v) is 2.77. The van der Waals surface area contributed by atoms with Crippen molar-refractivity contribution in [3.05, 3.63) is 35.9 Å². The van der Waals surface area contributed by atoms with E-state index in [1.165, 1.54) is 40.0 Å². The van der Waals surface area contributed by atoms with Crippen molar-refractivity contribution >= 4 is 6.29 Å². The zero-order chi connectivity index (χ0) is 12.4. The van der Waals surface area contributed by atoms with E-state index in [9.17, 15) is 4.79 Å². The highest BCUT2D eigenvalue weighted by Gasteiger charge is 2.36. The molecule has 5 nitrogen and oxygen atoms in total. The number of nitrogens with zero attached hydrogens (tertiary/aromatic N) is 4. The fourth-order valence-electron chi connectivity index (χ4n) is 2.77. The lowest BCUT2D eigenvalue weighted by atomic mass is 10.2. The summed E-state index contributed by atoms with van der Waals surface area (Å²) in [5.74, 6) is 0. The van der Waals surface area contributed by atoms with Gasteiger partial charge in [-0.15, -0.1) is 0 Å². The highest BCUT2D eigenvalue weighted by atomic mass is 16.1. The van der Waals surface area contributed by atoms with E-state index in [1.807, 2.05) is 18.2 Å². The Morgan fingerprint density at radius 2 is 1.11 bits per heavy atom. The van der Waals surface area contributed by atoms with Gasteiger partial charge < -0.3 is 0 Å². The molecule has 5 heteroatoms. The average molecular weight is 246 g/mol. The first-order valence-corrected chi connectivity index (χ1v) is 6.23. The Balaban J connectivity index is 0.000000115. The third-order valence-electron chi connectivity index (χ3n) is 3.34. The normalized spacial score (nSPS) is 35.8. The molecule has 0 radical (unpaired) electrons. The van der Waals surface area contributed by atoms with Gasteiger partial charge in [0.25, 0.3) is 0 Å². The molecular weight excluding hydrogens is 228 g/mol. The van der Waals surface area contributed by atoms with Crippen molar-refractivity contribution in [2.45, 2.75) is 0 Å². The standard InChI is InChI=1S/C7H6O.C6H12N4/c8-6-7-4-2-1-3-5-7;1-7-2-9-4-8(1)5-10(3-7)6-9/h1-6H;1-6H2. The number of aldehydes is 1. The van der Waals surface area contributed by atoms with Gasteiger partial charge in [-0.3, -0.25) is 24.4 Å². The van der Waals surface area contributed by atoms with Crippen LogP contribution in [0.15, 0.2) is 30.3 Å². The summed E-state index contributed by atoms with van der Waals surface area (Å²) in [5, 5.41) is 0. The van der Waals surface area contributed by atoms with Gasteiger partial charge in [-0.05, 0) is 0 Å². The molecule has 1 aromatic carbocycles. The molecule has 4 fully saturated rings. The largest absolute Gasteiger partial charge is 0.298 e. The quantitative estimate of drug-likeness (QED) is 0.673. The Bertz CT molecular complexity index is 352. The lowest BCUT2D eigenvalue weighted by Gasteiger charge is -2.56. The molecule has 1 aromatic rings. The van der Waals surface area contributed by atoms with E-state index in [-0.39, 0.29) is 0 Å². The Kier molecular flexibility index (Phi) is 3.38. The van der Waals surface area contributed by atoms with Gasteiger partial charge in [-0.25, -0.2) is 0 Å². The summed E-state index contributed by atoms with van der Waals surface area (Å²) in [7, 11) is 0. The molecule has 0 spiro atoms. The average Bonchev–Trinajstić information content (AvgIpc) is 2.39. The van der Waals surface area contributed by atoms with Crippen LogP contribution in [-0.2, 0) is 0 Å². The van der Waals surface area contributed by atoms with E-state index in [1.54, 1.807) is 12.1 Å². The van der Waals surface area contributed by atoms with E-state index < -0.39 is 0 Å². The Hall–Kier alpha value is -1.27. The number of benzene rings is 1. The van der Waals surface area contributed by atoms with Crippen LogP contribution in [0.1, 0.15) is 10.4 Å². The summed E-state index contributed by atoms with van der Waals surface area (Å²) in [5.41, 5.74) is 0.729. The molecule has 0 saturated carbocycles. The summed E-state index contributed by atoms with van der Waals surface area (Å²) < 4.78 is 0. The lowest BCUT2D eigenvalue weighted by molar-refractivity contribution is -0.194. The Morgan fingerprint density at radius 3 is 1.39 bits per heavy atom. The molecule has 0 N–H and O–H groups in total. The van der Waals surface area contributed by atoms with Crippen LogP contribution < -0.4 is 0 Å². The second-order valence-electron chi connectivity index (χ2n) is 5.06. The van der Waals surface area contributed by atoms with Gasteiger partial charge in [0.05, 0.1) is 40.0 Å². The van der Waals surface area contributed by atoms with Crippen molar-refractivity contribution in [3.63, 3.8) is 0 Å². The molecule has 0 aliphatic carbocycles. The van der Waals surface area contributed by atoms with Crippen molar-refractivity contribution in [2.75, 3.05) is 40.0 Å². The number of hydrogen-bond donors (Lipinski definition) is 0. The lowest BCUT2D eigenvalue weighted by Crippen LogP contribution is -2.71. The summed E-state index contributed by atoms with van der Waals surface area (Å²) >= 11 is 0. The van der Waals surface area contributed by atoms with Gasteiger partial charge in [0.1, 0.15) is 6.29 Å². The van der Waals surface area contributed by atoms with Crippen LogP contribution in [0.2, 0.25) is 0 Å². The molecule has 4 aliphatic heterocycles. The van der Waals surface area contributed by atoms with Crippen LogP contribution in [0.4, 0.5) is 0 Å². The smallest absolute Gasteiger partial charge is 0.150 e. The second-order valence-corrected chi connectivity index (χ2v) is 5.06. The van der Waals surface area contributed by atoms with E-state index in [0.29, 0.717) is 0 Å². The molecule has 4 aliphatic rings. The molecule has 4 bridgehead atoms. The molecule has 4 heterocycles. The van der Waals surface area contributed by atoms with Gasteiger partial charge in [0.2, 0.25) is 0 Å². The minimum atomic E-state index is 0.729. The maximum atomic E-state index is 10.0. The fraction of sp³-hybridized carbons (Fsp3) is 0.462. The van der Waals surface area contributed by atoms with Crippen LogP contribution in [0.3, 0.4) is 0 Å². The third-order valence-corrected chi connectivity index (χ3v) is 3.34. The maximum Gasteiger partial charge on any atom is 0.150 e. The van der Waals surface area contributed by atoms with Crippen molar-refractivity contribution in [2.24, 2.45) is 0 Å². The predicted molar refractivity (Wildman–Crippen MR) is 68.4 cm³/mol. The summed E-state index contributed by atoms with van der Waals surface area (Å²) in [6, 6.07) is 9.10. The molecule has 96 valence electrons. The van der Waals surface area contributed by atoms with E-state index in [2.05, 4.69) is 19.6 Å². The minimum Gasteiger partial charge on any atom is -0.298 e.